The van der Waals surface area contributed by atoms with Crippen molar-refractivity contribution in [2.24, 2.45) is 5.92 Å². The molecule has 1 N–H and O–H groups in total. The van der Waals surface area contributed by atoms with E-state index in [1.807, 2.05) is 0 Å². The lowest BCUT2D eigenvalue weighted by atomic mass is 10.1. The second-order valence-corrected chi connectivity index (χ2v) is 4.36. The molecule has 0 unspecified atom stereocenters. The highest BCUT2D eigenvalue weighted by molar-refractivity contribution is 4.44. The van der Waals surface area contributed by atoms with Crippen molar-refractivity contribution in [2.45, 2.75) is 59.3 Å². The molecule has 0 aromatic carbocycles. The van der Waals surface area contributed by atoms with E-state index in [1.54, 1.807) is 0 Å². The molecule has 2 heteroatoms. The summed E-state index contributed by atoms with van der Waals surface area (Å²) in [6.45, 7) is 8.43. The Labute approximate surface area is 89.4 Å². The van der Waals surface area contributed by atoms with Gasteiger partial charge < -0.3 is 4.84 Å². The standard InChI is InChI=1S/C12H27NO/c1-4-5-6-7-8-9-10-14-13-11-12(2)3/h12-13H,4-11H2,1-3H3. The summed E-state index contributed by atoms with van der Waals surface area (Å²) >= 11 is 0. The summed E-state index contributed by atoms with van der Waals surface area (Å²) in [5, 5.41) is 0. The van der Waals surface area contributed by atoms with Crippen LogP contribution >= 0.6 is 0 Å². The van der Waals surface area contributed by atoms with E-state index in [-0.39, 0.29) is 0 Å². The fourth-order valence-corrected chi connectivity index (χ4v) is 1.25. The minimum atomic E-state index is 0.666. The molecule has 0 aliphatic heterocycles. The predicted molar refractivity (Wildman–Crippen MR) is 62.2 cm³/mol. The number of hydrogen-bond acceptors (Lipinski definition) is 2. The molecule has 2 nitrogen and oxygen atoms in total. The van der Waals surface area contributed by atoms with Crippen LogP contribution in [0.25, 0.3) is 0 Å². The van der Waals surface area contributed by atoms with Gasteiger partial charge in [-0.15, -0.1) is 0 Å². The average Bonchev–Trinajstić information content (AvgIpc) is 2.15. The van der Waals surface area contributed by atoms with Crippen LogP contribution in [0.1, 0.15) is 59.3 Å². The molecule has 0 atom stereocenters. The Kier molecular flexibility index (Phi) is 10.9. The van der Waals surface area contributed by atoms with Crippen LogP contribution in [0.5, 0.6) is 0 Å². The lowest BCUT2D eigenvalue weighted by molar-refractivity contribution is 0.0324. The largest absolute Gasteiger partial charge is 0.302 e. The van der Waals surface area contributed by atoms with Crippen LogP contribution < -0.4 is 5.48 Å². The van der Waals surface area contributed by atoms with Gasteiger partial charge in [-0.1, -0.05) is 52.9 Å². The molecule has 86 valence electrons. The smallest absolute Gasteiger partial charge is 0.0682 e. The van der Waals surface area contributed by atoms with Crippen LogP contribution in [0.4, 0.5) is 0 Å². The maximum absolute atomic E-state index is 5.30. The zero-order valence-electron chi connectivity index (χ0n) is 10.1. The summed E-state index contributed by atoms with van der Waals surface area (Å²) < 4.78 is 0. The van der Waals surface area contributed by atoms with Crippen molar-refractivity contribution in [3.05, 3.63) is 0 Å². The summed E-state index contributed by atoms with van der Waals surface area (Å²) in [5.74, 6) is 0.666. The molecule has 0 heterocycles. The third-order valence-corrected chi connectivity index (χ3v) is 2.19. The Balaban J connectivity index is 2.85. The monoisotopic (exact) mass is 201 g/mol. The Bertz CT molecular complexity index is 104. The quantitative estimate of drug-likeness (QED) is 0.431. The molecule has 0 spiro atoms. The van der Waals surface area contributed by atoms with E-state index in [1.165, 1.54) is 38.5 Å². The maximum atomic E-state index is 5.30. The minimum Gasteiger partial charge on any atom is -0.302 e. The number of hydrogen-bond donors (Lipinski definition) is 1. The van der Waals surface area contributed by atoms with Crippen LogP contribution in [-0.4, -0.2) is 13.2 Å². The van der Waals surface area contributed by atoms with Gasteiger partial charge in [0.15, 0.2) is 0 Å². The molecule has 0 aliphatic carbocycles. The minimum absolute atomic E-state index is 0.666. The van der Waals surface area contributed by atoms with Gasteiger partial charge in [-0.3, -0.25) is 0 Å². The molecule has 0 radical (unpaired) electrons. The molecule has 0 amide bonds. The SMILES string of the molecule is CCCCCCCCONCC(C)C. The molecular formula is C12H27NO. The third-order valence-electron chi connectivity index (χ3n) is 2.19. The molecule has 0 saturated carbocycles. The summed E-state index contributed by atoms with van der Waals surface area (Å²) in [7, 11) is 0. The van der Waals surface area contributed by atoms with Crippen LogP contribution in [0, 0.1) is 5.92 Å². The molecule has 0 rings (SSSR count). The fraction of sp³-hybridized carbons (Fsp3) is 1.00. The predicted octanol–water partition coefficient (Wildman–Crippen LogP) is 3.52. The van der Waals surface area contributed by atoms with Crippen molar-refractivity contribution in [3.8, 4) is 0 Å². The van der Waals surface area contributed by atoms with Gasteiger partial charge in [-0.05, 0) is 12.3 Å². The Morgan fingerprint density at radius 1 is 1.00 bits per heavy atom. The van der Waals surface area contributed by atoms with Crippen LogP contribution in [-0.2, 0) is 4.84 Å². The van der Waals surface area contributed by atoms with Crippen molar-refractivity contribution >= 4 is 0 Å². The first kappa shape index (κ1) is 13.9. The lowest BCUT2D eigenvalue weighted by Crippen LogP contribution is -2.20. The van der Waals surface area contributed by atoms with Crippen molar-refractivity contribution in [1.29, 1.82) is 0 Å². The molecular weight excluding hydrogens is 174 g/mol. The highest BCUT2D eigenvalue weighted by Gasteiger charge is 1.93. The Hall–Kier alpha value is -0.0800. The van der Waals surface area contributed by atoms with Gasteiger partial charge in [0.25, 0.3) is 0 Å². The highest BCUT2D eigenvalue weighted by Crippen LogP contribution is 2.04. The zero-order chi connectivity index (χ0) is 10.6. The zero-order valence-corrected chi connectivity index (χ0v) is 10.1. The van der Waals surface area contributed by atoms with E-state index >= 15 is 0 Å². The Morgan fingerprint density at radius 2 is 1.64 bits per heavy atom. The second-order valence-electron chi connectivity index (χ2n) is 4.36. The van der Waals surface area contributed by atoms with Gasteiger partial charge in [0.2, 0.25) is 0 Å². The molecule has 14 heavy (non-hydrogen) atoms. The first-order valence-electron chi connectivity index (χ1n) is 6.12. The number of unbranched alkanes of at least 4 members (excludes halogenated alkanes) is 5. The van der Waals surface area contributed by atoms with Gasteiger partial charge in [-0.25, -0.2) is 5.48 Å². The van der Waals surface area contributed by atoms with Crippen LogP contribution in [0.2, 0.25) is 0 Å². The normalized spacial score (nSPS) is 11.1. The molecule has 0 aliphatic rings. The summed E-state index contributed by atoms with van der Waals surface area (Å²) in [5.41, 5.74) is 2.99. The van der Waals surface area contributed by atoms with E-state index in [0.717, 1.165) is 13.2 Å². The summed E-state index contributed by atoms with van der Waals surface area (Å²) in [6, 6.07) is 0. The van der Waals surface area contributed by atoms with E-state index in [2.05, 4.69) is 26.3 Å². The average molecular weight is 201 g/mol. The summed E-state index contributed by atoms with van der Waals surface area (Å²) in [4.78, 5) is 5.30. The van der Waals surface area contributed by atoms with Gasteiger partial charge >= 0.3 is 0 Å². The Morgan fingerprint density at radius 3 is 2.29 bits per heavy atom. The molecule has 0 fully saturated rings. The number of rotatable bonds is 10. The van der Waals surface area contributed by atoms with Gasteiger partial charge in [-0.2, -0.15) is 0 Å². The maximum Gasteiger partial charge on any atom is 0.0682 e. The number of hydroxylamine groups is 1. The van der Waals surface area contributed by atoms with Crippen LogP contribution in [0.15, 0.2) is 0 Å². The lowest BCUT2D eigenvalue weighted by Gasteiger charge is -2.07. The third kappa shape index (κ3) is 11.9. The van der Waals surface area contributed by atoms with Crippen LogP contribution in [0.3, 0.4) is 0 Å². The first-order valence-corrected chi connectivity index (χ1v) is 6.12. The second kappa shape index (κ2) is 11.0. The van der Waals surface area contributed by atoms with Gasteiger partial charge in [0.1, 0.15) is 0 Å². The van der Waals surface area contributed by atoms with Gasteiger partial charge in [0.05, 0.1) is 6.61 Å². The van der Waals surface area contributed by atoms with E-state index in [9.17, 15) is 0 Å². The highest BCUT2D eigenvalue weighted by atomic mass is 16.6. The van der Waals surface area contributed by atoms with Gasteiger partial charge in [0, 0.05) is 6.54 Å². The summed E-state index contributed by atoms with van der Waals surface area (Å²) in [6.07, 6.45) is 7.95. The van der Waals surface area contributed by atoms with Crippen molar-refractivity contribution < 1.29 is 4.84 Å². The molecule has 0 saturated heterocycles. The molecule has 0 aromatic heterocycles. The topological polar surface area (TPSA) is 21.3 Å². The molecule has 0 aromatic rings. The fourth-order valence-electron chi connectivity index (χ4n) is 1.25. The van der Waals surface area contributed by atoms with E-state index < -0.39 is 0 Å². The van der Waals surface area contributed by atoms with E-state index in [0.29, 0.717) is 5.92 Å². The van der Waals surface area contributed by atoms with E-state index in [4.69, 9.17) is 4.84 Å². The molecule has 0 bridgehead atoms. The van der Waals surface area contributed by atoms with Crippen molar-refractivity contribution in [2.75, 3.05) is 13.2 Å². The first-order chi connectivity index (χ1) is 6.77. The van der Waals surface area contributed by atoms with Crippen molar-refractivity contribution in [3.63, 3.8) is 0 Å². The van der Waals surface area contributed by atoms with Crippen molar-refractivity contribution in [1.82, 2.24) is 5.48 Å². The number of nitrogens with one attached hydrogen (secondary N) is 1.